The van der Waals surface area contributed by atoms with Gasteiger partial charge in [0.25, 0.3) is 0 Å². The van der Waals surface area contributed by atoms with E-state index in [1.54, 1.807) is 6.07 Å². The molecule has 6 nitrogen and oxygen atoms in total. The predicted octanol–water partition coefficient (Wildman–Crippen LogP) is 3.01. The Bertz CT molecular complexity index is 795. The fourth-order valence-corrected chi connectivity index (χ4v) is 2.06. The molecule has 6 heteroatoms. The fourth-order valence-electron chi connectivity index (χ4n) is 2.06. The second-order valence-electron chi connectivity index (χ2n) is 4.42. The maximum Gasteiger partial charge on any atom is 0.417 e. The molecule has 3 rings (SSSR count). The molecule has 0 bridgehead atoms. The zero-order valence-corrected chi connectivity index (χ0v) is 10.7. The molecule has 0 radical (unpaired) electrons. The Hall–Kier alpha value is -2.89. The van der Waals surface area contributed by atoms with Gasteiger partial charge in [0, 0.05) is 11.9 Å². The molecule has 0 amide bonds. The molecule has 0 fully saturated rings. The minimum absolute atomic E-state index is 0.364. The van der Waals surface area contributed by atoms with E-state index in [4.69, 9.17) is 5.11 Å². The number of nitrogens with one attached hydrogen (secondary N) is 1. The van der Waals surface area contributed by atoms with Crippen molar-refractivity contribution in [3.8, 4) is 0 Å². The Balaban J connectivity index is 2.06. The molecule has 0 unspecified atom stereocenters. The summed E-state index contributed by atoms with van der Waals surface area (Å²) in [7, 11) is 0. The summed E-state index contributed by atoms with van der Waals surface area (Å²) in [4.78, 5) is 19.3. The number of anilines is 2. The largest absolute Gasteiger partial charge is 0.464 e. The van der Waals surface area contributed by atoms with Crippen molar-refractivity contribution >= 4 is 28.6 Å². The molecule has 0 spiro atoms. The summed E-state index contributed by atoms with van der Waals surface area (Å²) in [6.07, 6.45) is 1.74. The van der Waals surface area contributed by atoms with E-state index in [2.05, 4.69) is 15.3 Å². The van der Waals surface area contributed by atoms with Crippen molar-refractivity contribution in [1.82, 2.24) is 14.5 Å². The predicted molar refractivity (Wildman–Crippen MR) is 75.4 cm³/mol. The van der Waals surface area contributed by atoms with Crippen LogP contribution < -0.4 is 5.32 Å². The topological polar surface area (TPSA) is 80.0 Å². The third kappa shape index (κ3) is 2.07. The summed E-state index contributed by atoms with van der Waals surface area (Å²) in [6.45, 7) is 2.00. The van der Waals surface area contributed by atoms with Crippen LogP contribution in [0.25, 0.3) is 11.0 Å². The molecule has 2 heterocycles. The number of nitrogens with zero attached hydrogens (tertiary/aromatic N) is 3. The Kier molecular flexibility index (Phi) is 2.83. The molecule has 0 saturated carbocycles. The molecule has 0 saturated heterocycles. The Morgan fingerprint density at radius 3 is 2.90 bits per heavy atom. The van der Waals surface area contributed by atoms with Gasteiger partial charge in [0.15, 0.2) is 5.65 Å². The first kappa shape index (κ1) is 12.2. The number of carboxylic acid groups (broad SMARTS) is 1. The second-order valence-corrected chi connectivity index (χ2v) is 4.42. The van der Waals surface area contributed by atoms with E-state index in [0.717, 1.165) is 15.8 Å². The van der Waals surface area contributed by atoms with Crippen molar-refractivity contribution in [1.29, 1.82) is 0 Å². The molecule has 2 aromatic heterocycles. The van der Waals surface area contributed by atoms with E-state index in [0.29, 0.717) is 16.9 Å². The first-order valence-electron chi connectivity index (χ1n) is 6.04. The van der Waals surface area contributed by atoms with E-state index in [1.807, 2.05) is 31.2 Å². The highest BCUT2D eigenvalue weighted by Crippen LogP contribution is 2.24. The average Bonchev–Trinajstić information content (AvgIpc) is 2.84. The molecular weight excluding hydrogens is 256 g/mol. The van der Waals surface area contributed by atoms with E-state index in [1.165, 1.54) is 12.5 Å². The Labute approximate surface area is 114 Å². The summed E-state index contributed by atoms with van der Waals surface area (Å²) < 4.78 is 1.07. The lowest BCUT2D eigenvalue weighted by molar-refractivity contribution is 0.197. The summed E-state index contributed by atoms with van der Waals surface area (Å²) in [6, 6.07) is 9.54. The normalized spacial score (nSPS) is 10.7. The van der Waals surface area contributed by atoms with E-state index >= 15 is 0 Å². The van der Waals surface area contributed by atoms with Gasteiger partial charge in [0.2, 0.25) is 0 Å². The number of aromatic nitrogens is 3. The highest BCUT2D eigenvalue weighted by Gasteiger charge is 2.12. The van der Waals surface area contributed by atoms with Gasteiger partial charge in [-0.1, -0.05) is 12.1 Å². The van der Waals surface area contributed by atoms with Gasteiger partial charge in [-0.3, -0.25) is 0 Å². The van der Waals surface area contributed by atoms with Crippen LogP contribution in [0, 0.1) is 6.92 Å². The number of aryl methyl sites for hydroxylation is 1. The number of hydrogen-bond acceptors (Lipinski definition) is 4. The molecule has 1 aromatic carbocycles. The van der Waals surface area contributed by atoms with Crippen LogP contribution in [0.1, 0.15) is 5.56 Å². The molecule has 0 aliphatic heterocycles. The van der Waals surface area contributed by atoms with Gasteiger partial charge in [-0.15, -0.1) is 0 Å². The van der Waals surface area contributed by atoms with Crippen LogP contribution in [0.2, 0.25) is 0 Å². The summed E-state index contributed by atoms with van der Waals surface area (Å²) in [5, 5.41) is 12.9. The molecule has 0 atom stereocenters. The Morgan fingerprint density at radius 2 is 2.15 bits per heavy atom. The lowest BCUT2D eigenvalue weighted by Gasteiger charge is -2.07. The lowest BCUT2D eigenvalue weighted by Crippen LogP contribution is -2.07. The Morgan fingerprint density at radius 1 is 1.30 bits per heavy atom. The minimum atomic E-state index is -1.07. The molecule has 0 aliphatic rings. The molecular formula is C14H12N4O2. The van der Waals surface area contributed by atoms with Gasteiger partial charge in [-0.2, -0.15) is 0 Å². The first-order chi connectivity index (χ1) is 9.65. The van der Waals surface area contributed by atoms with Gasteiger partial charge < -0.3 is 10.4 Å². The molecule has 100 valence electrons. The van der Waals surface area contributed by atoms with Crippen molar-refractivity contribution in [3.05, 3.63) is 48.4 Å². The summed E-state index contributed by atoms with van der Waals surface area (Å²) in [5.74, 6) is 0.584. The fraction of sp³-hybridized carbons (Fsp3) is 0.0714. The van der Waals surface area contributed by atoms with Gasteiger partial charge in [-0.25, -0.2) is 19.3 Å². The van der Waals surface area contributed by atoms with Crippen molar-refractivity contribution in [3.63, 3.8) is 0 Å². The highest BCUT2D eigenvalue weighted by atomic mass is 16.4. The molecule has 20 heavy (non-hydrogen) atoms. The third-order valence-corrected chi connectivity index (χ3v) is 2.97. The smallest absolute Gasteiger partial charge is 0.417 e. The van der Waals surface area contributed by atoms with Crippen LogP contribution in [-0.4, -0.2) is 25.7 Å². The molecule has 2 N–H and O–H groups in total. The van der Waals surface area contributed by atoms with Crippen LogP contribution in [0.4, 0.5) is 16.3 Å². The SMILES string of the molecule is Cc1cccc(Nc2ncnc3c2ccn3C(=O)O)c1. The van der Waals surface area contributed by atoms with Crippen LogP contribution >= 0.6 is 0 Å². The number of fused-ring (bicyclic) bond motifs is 1. The monoisotopic (exact) mass is 268 g/mol. The minimum Gasteiger partial charge on any atom is -0.464 e. The maximum atomic E-state index is 11.1. The van der Waals surface area contributed by atoms with Gasteiger partial charge in [-0.05, 0) is 30.7 Å². The average molecular weight is 268 g/mol. The standard InChI is InChI=1S/C14H12N4O2/c1-9-3-2-4-10(7-9)17-12-11-5-6-18(14(19)20)13(11)16-8-15-12/h2-8H,1H3,(H,19,20)(H,15,16,17). The zero-order valence-electron chi connectivity index (χ0n) is 10.7. The van der Waals surface area contributed by atoms with Gasteiger partial charge in [0.05, 0.1) is 5.39 Å². The van der Waals surface area contributed by atoms with E-state index < -0.39 is 6.09 Å². The first-order valence-corrected chi connectivity index (χ1v) is 6.04. The quantitative estimate of drug-likeness (QED) is 0.746. The van der Waals surface area contributed by atoms with Crippen LogP contribution in [0.5, 0.6) is 0 Å². The van der Waals surface area contributed by atoms with Crippen LogP contribution in [-0.2, 0) is 0 Å². The van der Waals surface area contributed by atoms with Crippen molar-refractivity contribution in [2.75, 3.05) is 5.32 Å². The highest BCUT2D eigenvalue weighted by molar-refractivity contribution is 5.93. The van der Waals surface area contributed by atoms with Crippen molar-refractivity contribution in [2.24, 2.45) is 0 Å². The van der Waals surface area contributed by atoms with Crippen LogP contribution in [0.3, 0.4) is 0 Å². The van der Waals surface area contributed by atoms with E-state index in [-0.39, 0.29) is 0 Å². The third-order valence-electron chi connectivity index (χ3n) is 2.97. The number of hydrogen-bond donors (Lipinski definition) is 2. The molecule has 0 aliphatic carbocycles. The maximum absolute atomic E-state index is 11.1. The van der Waals surface area contributed by atoms with Crippen LogP contribution in [0.15, 0.2) is 42.9 Å². The number of benzene rings is 1. The van der Waals surface area contributed by atoms with Crippen molar-refractivity contribution in [2.45, 2.75) is 6.92 Å². The van der Waals surface area contributed by atoms with Crippen molar-refractivity contribution < 1.29 is 9.90 Å². The second kappa shape index (κ2) is 4.65. The lowest BCUT2D eigenvalue weighted by atomic mass is 10.2. The summed E-state index contributed by atoms with van der Waals surface area (Å²) >= 11 is 0. The summed E-state index contributed by atoms with van der Waals surface area (Å²) in [5.41, 5.74) is 2.39. The molecule has 3 aromatic rings. The van der Waals surface area contributed by atoms with Gasteiger partial charge >= 0.3 is 6.09 Å². The van der Waals surface area contributed by atoms with E-state index in [9.17, 15) is 4.79 Å². The van der Waals surface area contributed by atoms with Gasteiger partial charge in [0.1, 0.15) is 12.1 Å². The number of rotatable bonds is 2. The zero-order chi connectivity index (χ0) is 14.1. The number of carbonyl (C=O) groups is 1.